The monoisotopic (exact) mass is 305 g/mol. The van der Waals surface area contributed by atoms with Crippen LogP contribution in [0.1, 0.15) is 38.2 Å². The Labute approximate surface area is 116 Å². The lowest BCUT2D eigenvalue weighted by atomic mass is 10.0. The molecule has 0 radical (unpaired) electrons. The highest BCUT2D eigenvalue weighted by Gasteiger charge is 2.35. The number of hydrogen-bond acceptors (Lipinski definition) is 3. The second kappa shape index (κ2) is 5.38. The third-order valence-electron chi connectivity index (χ3n) is 3.69. The zero-order chi connectivity index (χ0) is 15.0. The number of benzene rings is 1. The first-order valence-electron chi connectivity index (χ1n) is 6.41. The summed E-state index contributed by atoms with van der Waals surface area (Å²) in [6.07, 6.45) is 3.18. The van der Waals surface area contributed by atoms with E-state index in [4.69, 9.17) is 5.11 Å². The molecule has 1 aromatic rings. The molecule has 2 N–H and O–H groups in total. The highest BCUT2D eigenvalue weighted by molar-refractivity contribution is 7.89. The summed E-state index contributed by atoms with van der Waals surface area (Å²) in [5, 5.41) is 8.93. The highest BCUT2D eigenvalue weighted by Crippen LogP contribution is 2.31. The van der Waals surface area contributed by atoms with E-state index in [2.05, 4.69) is 4.72 Å². The maximum Gasteiger partial charge on any atom is 0.243 e. The quantitative estimate of drug-likeness (QED) is 0.895. The minimum absolute atomic E-state index is 0.598. The number of aliphatic hydroxyl groups is 1. The first kappa shape index (κ1) is 15.3. The van der Waals surface area contributed by atoms with Crippen LogP contribution in [0, 0.1) is 11.6 Å². The topological polar surface area (TPSA) is 66.4 Å². The van der Waals surface area contributed by atoms with Crippen molar-refractivity contribution >= 4 is 10.0 Å². The first-order valence-corrected chi connectivity index (χ1v) is 7.89. The summed E-state index contributed by atoms with van der Waals surface area (Å²) in [4.78, 5) is -0.629. The lowest BCUT2D eigenvalue weighted by Gasteiger charge is -2.25. The molecule has 0 spiro atoms. The Balaban J connectivity index is 2.40. The van der Waals surface area contributed by atoms with Crippen molar-refractivity contribution in [2.45, 2.75) is 49.6 Å². The molecule has 1 aliphatic rings. The van der Waals surface area contributed by atoms with E-state index < -0.39 is 44.3 Å². The van der Waals surface area contributed by atoms with E-state index in [-0.39, 0.29) is 0 Å². The fraction of sp³-hybridized carbons (Fsp3) is 0.538. The van der Waals surface area contributed by atoms with Gasteiger partial charge in [0.2, 0.25) is 10.0 Å². The number of halogens is 2. The first-order chi connectivity index (χ1) is 9.29. The molecule has 0 unspecified atom stereocenters. The molecule has 4 nitrogen and oxygen atoms in total. The van der Waals surface area contributed by atoms with Crippen molar-refractivity contribution in [2.75, 3.05) is 0 Å². The lowest BCUT2D eigenvalue weighted by molar-refractivity contribution is 0.267. The van der Waals surface area contributed by atoms with Gasteiger partial charge in [0.05, 0.1) is 12.2 Å². The fourth-order valence-corrected chi connectivity index (χ4v) is 4.13. The molecular weight excluding hydrogens is 288 g/mol. The van der Waals surface area contributed by atoms with Crippen LogP contribution in [0.15, 0.2) is 17.0 Å². The zero-order valence-electron chi connectivity index (χ0n) is 11.1. The molecule has 112 valence electrons. The second-order valence-corrected chi connectivity index (χ2v) is 7.02. The second-order valence-electron chi connectivity index (χ2n) is 5.37. The largest absolute Gasteiger partial charge is 0.391 e. The Hall–Kier alpha value is -1.05. The predicted octanol–water partition coefficient (Wildman–Crippen LogP) is 2.07. The third kappa shape index (κ3) is 2.84. The molecule has 1 aromatic carbocycles. The van der Waals surface area contributed by atoms with Gasteiger partial charge in [0.15, 0.2) is 5.82 Å². The van der Waals surface area contributed by atoms with Crippen LogP contribution in [0.5, 0.6) is 0 Å². The van der Waals surface area contributed by atoms with Crippen LogP contribution in [0.25, 0.3) is 0 Å². The summed E-state index contributed by atoms with van der Waals surface area (Å²) in [6, 6.07) is 1.73. The van der Waals surface area contributed by atoms with Crippen LogP contribution in [0.3, 0.4) is 0 Å². The van der Waals surface area contributed by atoms with E-state index >= 15 is 0 Å². The molecule has 1 aliphatic carbocycles. The predicted molar refractivity (Wildman–Crippen MR) is 69.5 cm³/mol. The molecule has 0 heterocycles. The Morgan fingerprint density at radius 1 is 1.30 bits per heavy atom. The molecule has 7 heteroatoms. The number of rotatable bonds is 4. The minimum Gasteiger partial charge on any atom is -0.391 e. The Kier molecular flexibility index (Phi) is 4.13. The van der Waals surface area contributed by atoms with Crippen LogP contribution in [0.2, 0.25) is 0 Å². The van der Waals surface area contributed by atoms with E-state index in [1.165, 1.54) is 0 Å². The lowest BCUT2D eigenvalue weighted by Crippen LogP contribution is -2.43. The van der Waals surface area contributed by atoms with Crippen molar-refractivity contribution in [3.05, 3.63) is 29.3 Å². The van der Waals surface area contributed by atoms with Gasteiger partial charge >= 0.3 is 0 Å². The van der Waals surface area contributed by atoms with Gasteiger partial charge < -0.3 is 5.11 Å². The number of aliphatic hydroxyl groups excluding tert-OH is 1. The van der Waals surface area contributed by atoms with Gasteiger partial charge in [-0.15, -0.1) is 0 Å². The van der Waals surface area contributed by atoms with Crippen molar-refractivity contribution in [3.8, 4) is 0 Å². The number of sulfonamides is 1. The van der Waals surface area contributed by atoms with Gasteiger partial charge in [-0.05, 0) is 31.9 Å². The molecule has 0 amide bonds. The molecule has 0 saturated heterocycles. The van der Waals surface area contributed by atoms with Crippen molar-refractivity contribution in [1.82, 2.24) is 4.72 Å². The molecule has 0 aliphatic heterocycles. The molecule has 1 saturated carbocycles. The summed E-state index contributed by atoms with van der Waals surface area (Å²) < 4.78 is 54.3. The van der Waals surface area contributed by atoms with Crippen LogP contribution >= 0.6 is 0 Å². The summed E-state index contributed by atoms with van der Waals surface area (Å²) in [5.74, 6) is -2.20. The smallest absolute Gasteiger partial charge is 0.243 e. The molecule has 0 aromatic heterocycles. The van der Waals surface area contributed by atoms with Crippen LogP contribution in [0.4, 0.5) is 8.78 Å². The van der Waals surface area contributed by atoms with Crippen LogP contribution < -0.4 is 4.72 Å². The van der Waals surface area contributed by atoms with E-state index in [0.717, 1.165) is 25.0 Å². The van der Waals surface area contributed by atoms with Gasteiger partial charge in [0, 0.05) is 5.54 Å². The third-order valence-corrected chi connectivity index (χ3v) is 5.34. The summed E-state index contributed by atoms with van der Waals surface area (Å²) in [6.45, 7) is 0.879. The zero-order valence-corrected chi connectivity index (χ0v) is 11.9. The van der Waals surface area contributed by atoms with Crippen LogP contribution in [-0.4, -0.2) is 19.1 Å². The molecule has 2 rings (SSSR count). The standard InChI is InChI=1S/C13H17F2NO3S/c1-13(6-2-3-7-13)16-20(18,19)11-5-4-10(14)9(8-17)12(11)15/h4-5,16-17H,2-3,6-8H2,1H3. The fourth-order valence-electron chi connectivity index (χ4n) is 2.57. The molecule has 1 fully saturated rings. The van der Waals surface area contributed by atoms with E-state index in [1.807, 2.05) is 0 Å². The van der Waals surface area contributed by atoms with Gasteiger partial charge in [0.1, 0.15) is 10.7 Å². The van der Waals surface area contributed by atoms with Gasteiger partial charge in [-0.2, -0.15) is 0 Å². The van der Waals surface area contributed by atoms with Crippen molar-refractivity contribution in [3.63, 3.8) is 0 Å². The SMILES string of the molecule is CC1(NS(=O)(=O)c2ccc(F)c(CO)c2F)CCCC1. The number of hydrogen-bond donors (Lipinski definition) is 2. The number of nitrogens with one attached hydrogen (secondary N) is 1. The van der Waals surface area contributed by atoms with Gasteiger partial charge in [0.25, 0.3) is 0 Å². The van der Waals surface area contributed by atoms with Gasteiger partial charge in [-0.1, -0.05) is 12.8 Å². The van der Waals surface area contributed by atoms with E-state index in [0.29, 0.717) is 12.8 Å². The molecule has 0 bridgehead atoms. The highest BCUT2D eigenvalue weighted by atomic mass is 32.2. The van der Waals surface area contributed by atoms with Crippen LogP contribution in [-0.2, 0) is 16.6 Å². The Morgan fingerprint density at radius 3 is 2.45 bits per heavy atom. The maximum atomic E-state index is 14.0. The summed E-state index contributed by atoms with van der Waals surface area (Å²) in [5.41, 5.74) is -1.23. The van der Waals surface area contributed by atoms with Gasteiger partial charge in [-0.3, -0.25) is 0 Å². The Bertz CT molecular complexity index is 610. The van der Waals surface area contributed by atoms with Crippen molar-refractivity contribution < 1.29 is 22.3 Å². The molecule has 0 atom stereocenters. The van der Waals surface area contributed by atoms with E-state index in [1.54, 1.807) is 6.92 Å². The minimum atomic E-state index is -4.08. The normalized spacial score (nSPS) is 18.4. The van der Waals surface area contributed by atoms with Crippen molar-refractivity contribution in [2.24, 2.45) is 0 Å². The average molecular weight is 305 g/mol. The summed E-state index contributed by atoms with van der Waals surface area (Å²) >= 11 is 0. The van der Waals surface area contributed by atoms with Crippen molar-refractivity contribution in [1.29, 1.82) is 0 Å². The van der Waals surface area contributed by atoms with Gasteiger partial charge in [-0.25, -0.2) is 21.9 Å². The maximum absolute atomic E-state index is 14.0. The Morgan fingerprint density at radius 2 is 1.90 bits per heavy atom. The van der Waals surface area contributed by atoms with E-state index in [9.17, 15) is 17.2 Å². The molecular formula is C13H17F2NO3S. The average Bonchev–Trinajstić information content (AvgIpc) is 2.74. The molecule has 20 heavy (non-hydrogen) atoms. The summed E-state index contributed by atoms with van der Waals surface area (Å²) in [7, 11) is -4.08.